The fourth-order valence-corrected chi connectivity index (χ4v) is 3.01. The van der Waals surface area contributed by atoms with Crippen LogP contribution in [-0.4, -0.2) is 27.8 Å². The van der Waals surface area contributed by atoms with Gasteiger partial charge >= 0.3 is 0 Å². The molecule has 0 radical (unpaired) electrons. The van der Waals surface area contributed by atoms with E-state index in [1.807, 2.05) is 53.1 Å². The maximum Gasteiger partial charge on any atom is 0.274 e. The van der Waals surface area contributed by atoms with Gasteiger partial charge in [0.2, 0.25) is 0 Å². The Balaban J connectivity index is 1.52. The number of carbonyl (C=O) groups is 1. The van der Waals surface area contributed by atoms with Crippen LogP contribution in [0.2, 0.25) is 0 Å². The number of imidazole rings is 1. The fourth-order valence-electron chi connectivity index (χ4n) is 3.01. The lowest BCUT2D eigenvalue weighted by atomic mass is 10.2. The smallest absolute Gasteiger partial charge is 0.274 e. The molecule has 2 N–H and O–H groups in total. The van der Waals surface area contributed by atoms with Crippen molar-refractivity contribution in [2.24, 2.45) is 0 Å². The van der Waals surface area contributed by atoms with E-state index in [9.17, 15) is 4.79 Å². The molecular weight excluding hydrogens is 370 g/mol. The van der Waals surface area contributed by atoms with E-state index in [4.69, 9.17) is 14.7 Å². The lowest BCUT2D eigenvalue weighted by Crippen LogP contribution is -2.18. The molecular formula is C22H19N3O4. The van der Waals surface area contributed by atoms with Crippen molar-refractivity contribution in [3.8, 4) is 17.2 Å². The Morgan fingerprint density at radius 3 is 2.45 bits per heavy atom. The molecule has 29 heavy (non-hydrogen) atoms. The number of hydroxylamine groups is 1. The van der Waals surface area contributed by atoms with Gasteiger partial charge in [-0.2, -0.15) is 0 Å². The van der Waals surface area contributed by atoms with Crippen LogP contribution in [-0.2, 0) is 6.61 Å². The number of benzene rings is 3. The molecule has 0 aliphatic carbocycles. The van der Waals surface area contributed by atoms with Crippen LogP contribution in [0.4, 0.5) is 0 Å². The van der Waals surface area contributed by atoms with E-state index >= 15 is 0 Å². The predicted molar refractivity (Wildman–Crippen MR) is 108 cm³/mol. The molecule has 0 bridgehead atoms. The zero-order chi connectivity index (χ0) is 20.2. The molecule has 7 nitrogen and oxygen atoms in total. The third kappa shape index (κ3) is 3.90. The van der Waals surface area contributed by atoms with Crippen LogP contribution < -0.4 is 15.0 Å². The van der Waals surface area contributed by atoms with E-state index in [2.05, 4.69) is 4.98 Å². The number of fused-ring (bicyclic) bond motifs is 1. The van der Waals surface area contributed by atoms with Gasteiger partial charge in [0.15, 0.2) is 0 Å². The monoisotopic (exact) mass is 389 g/mol. The topological polar surface area (TPSA) is 85.6 Å². The van der Waals surface area contributed by atoms with Crippen molar-refractivity contribution < 1.29 is 19.5 Å². The minimum Gasteiger partial charge on any atom is -0.497 e. The average molecular weight is 389 g/mol. The molecule has 3 aromatic carbocycles. The maximum atomic E-state index is 11.7. The summed E-state index contributed by atoms with van der Waals surface area (Å²) >= 11 is 0. The first-order chi connectivity index (χ1) is 14.2. The molecule has 0 saturated carbocycles. The number of hydrogen-bond donors (Lipinski definition) is 2. The number of amides is 1. The van der Waals surface area contributed by atoms with E-state index < -0.39 is 5.91 Å². The first kappa shape index (κ1) is 18.5. The second kappa shape index (κ2) is 8.04. The Morgan fingerprint density at radius 2 is 1.76 bits per heavy atom. The summed E-state index contributed by atoms with van der Waals surface area (Å²) in [5.41, 5.74) is 5.43. The first-order valence-electron chi connectivity index (χ1n) is 8.95. The Kier molecular flexibility index (Phi) is 5.13. The standard InChI is InChI=1S/C22H19N3O4/c1-28-18-7-2-15(3-8-18)13-29-19-9-5-17(6-10-19)25-14-23-20-11-4-16(12-21(20)25)22(26)24-27/h2-12,14,27H,13H2,1H3,(H,24,26). The summed E-state index contributed by atoms with van der Waals surface area (Å²) in [6, 6.07) is 20.4. The molecule has 0 aliphatic heterocycles. The van der Waals surface area contributed by atoms with Crippen molar-refractivity contribution in [1.82, 2.24) is 15.0 Å². The Labute approximate surface area is 167 Å². The van der Waals surface area contributed by atoms with Crippen LogP contribution in [0.3, 0.4) is 0 Å². The summed E-state index contributed by atoms with van der Waals surface area (Å²) in [5, 5.41) is 8.84. The summed E-state index contributed by atoms with van der Waals surface area (Å²) in [6.07, 6.45) is 1.69. The highest BCUT2D eigenvalue weighted by atomic mass is 16.5. The van der Waals surface area contributed by atoms with Crippen molar-refractivity contribution in [2.45, 2.75) is 6.61 Å². The quantitative estimate of drug-likeness (QED) is 0.388. The van der Waals surface area contributed by atoms with Gasteiger partial charge < -0.3 is 9.47 Å². The van der Waals surface area contributed by atoms with Crippen molar-refractivity contribution in [3.05, 3.63) is 84.2 Å². The normalized spacial score (nSPS) is 10.7. The number of aromatic nitrogens is 2. The number of rotatable bonds is 6. The van der Waals surface area contributed by atoms with Crippen LogP contribution in [0.25, 0.3) is 16.7 Å². The summed E-state index contributed by atoms with van der Waals surface area (Å²) in [7, 11) is 1.64. The minimum atomic E-state index is -0.568. The molecule has 4 rings (SSSR count). The van der Waals surface area contributed by atoms with Crippen molar-refractivity contribution >= 4 is 16.9 Å². The van der Waals surface area contributed by atoms with Gasteiger partial charge in [0, 0.05) is 11.3 Å². The highest BCUT2D eigenvalue weighted by Crippen LogP contribution is 2.22. The summed E-state index contributed by atoms with van der Waals surface area (Å²) in [4.78, 5) is 16.0. The second-order valence-electron chi connectivity index (χ2n) is 6.39. The molecule has 0 saturated heterocycles. The van der Waals surface area contributed by atoms with Crippen LogP contribution in [0.15, 0.2) is 73.1 Å². The van der Waals surface area contributed by atoms with Gasteiger partial charge in [0.1, 0.15) is 24.4 Å². The van der Waals surface area contributed by atoms with Crippen molar-refractivity contribution in [3.63, 3.8) is 0 Å². The predicted octanol–water partition coefficient (Wildman–Crippen LogP) is 3.73. The number of hydrogen-bond acceptors (Lipinski definition) is 5. The zero-order valence-corrected chi connectivity index (χ0v) is 15.7. The minimum absolute atomic E-state index is 0.348. The van der Waals surface area contributed by atoms with Crippen LogP contribution in [0.5, 0.6) is 11.5 Å². The number of methoxy groups -OCH3 is 1. The molecule has 4 aromatic rings. The maximum absolute atomic E-state index is 11.7. The molecule has 0 atom stereocenters. The number of nitrogens with zero attached hydrogens (tertiary/aromatic N) is 2. The van der Waals surface area contributed by atoms with Gasteiger partial charge in [-0.1, -0.05) is 12.1 Å². The Morgan fingerprint density at radius 1 is 1.03 bits per heavy atom. The highest BCUT2D eigenvalue weighted by Gasteiger charge is 2.10. The van der Waals surface area contributed by atoms with Gasteiger partial charge in [0.05, 0.1) is 18.1 Å². The van der Waals surface area contributed by atoms with Gasteiger partial charge in [0.25, 0.3) is 5.91 Å². The summed E-state index contributed by atoms with van der Waals surface area (Å²) < 4.78 is 12.9. The van der Waals surface area contributed by atoms with Gasteiger partial charge in [-0.25, -0.2) is 10.5 Å². The van der Waals surface area contributed by atoms with Crippen LogP contribution >= 0.6 is 0 Å². The second-order valence-corrected chi connectivity index (χ2v) is 6.39. The third-order valence-corrected chi connectivity index (χ3v) is 4.59. The lowest BCUT2D eigenvalue weighted by Gasteiger charge is -2.09. The van der Waals surface area contributed by atoms with Gasteiger partial charge in [-0.15, -0.1) is 0 Å². The summed E-state index contributed by atoms with van der Waals surface area (Å²) in [6.45, 7) is 0.455. The van der Waals surface area contributed by atoms with E-state index in [-0.39, 0.29) is 0 Å². The zero-order valence-electron chi connectivity index (χ0n) is 15.7. The van der Waals surface area contributed by atoms with E-state index in [1.54, 1.807) is 37.1 Å². The van der Waals surface area contributed by atoms with Crippen LogP contribution in [0.1, 0.15) is 15.9 Å². The molecule has 1 amide bonds. The van der Waals surface area contributed by atoms with Gasteiger partial charge in [-0.05, 0) is 60.2 Å². The molecule has 1 aromatic heterocycles. The van der Waals surface area contributed by atoms with Crippen molar-refractivity contribution in [2.75, 3.05) is 7.11 Å². The molecule has 1 heterocycles. The Bertz CT molecular complexity index is 1140. The molecule has 0 aliphatic rings. The number of carbonyl (C=O) groups excluding carboxylic acids is 1. The average Bonchev–Trinajstić information content (AvgIpc) is 3.21. The first-order valence-corrected chi connectivity index (χ1v) is 8.95. The largest absolute Gasteiger partial charge is 0.497 e. The van der Waals surface area contributed by atoms with Gasteiger partial charge in [-0.3, -0.25) is 14.6 Å². The third-order valence-electron chi connectivity index (χ3n) is 4.59. The Hall–Kier alpha value is -3.84. The van der Waals surface area contributed by atoms with Crippen molar-refractivity contribution in [1.29, 1.82) is 0 Å². The fraction of sp³-hybridized carbons (Fsp3) is 0.0909. The molecule has 0 spiro atoms. The van der Waals surface area contributed by atoms with E-state index in [0.29, 0.717) is 12.2 Å². The highest BCUT2D eigenvalue weighted by molar-refractivity contribution is 5.96. The molecule has 146 valence electrons. The molecule has 0 unspecified atom stereocenters. The van der Waals surface area contributed by atoms with E-state index in [0.717, 1.165) is 33.8 Å². The number of nitrogens with one attached hydrogen (secondary N) is 1. The van der Waals surface area contributed by atoms with E-state index in [1.165, 1.54) is 0 Å². The SMILES string of the molecule is COc1ccc(COc2ccc(-n3cnc4ccc(C(=O)NO)cc43)cc2)cc1. The van der Waals surface area contributed by atoms with Crippen LogP contribution in [0, 0.1) is 0 Å². The molecule has 0 fully saturated rings. The number of ether oxygens (including phenoxy) is 2. The molecule has 7 heteroatoms. The lowest BCUT2D eigenvalue weighted by molar-refractivity contribution is 0.0706. The summed E-state index contributed by atoms with van der Waals surface area (Å²) in [5.74, 6) is 0.988.